The Labute approximate surface area is 128 Å². The Bertz CT molecular complexity index is 665. The summed E-state index contributed by atoms with van der Waals surface area (Å²) in [7, 11) is 0. The van der Waals surface area contributed by atoms with E-state index in [4.69, 9.17) is 0 Å². The summed E-state index contributed by atoms with van der Waals surface area (Å²) in [5.74, 6) is 0.489. The van der Waals surface area contributed by atoms with Gasteiger partial charge in [-0.05, 0) is 22.3 Å². The minimum absolute atomic E-state index is 0.178. The lowest BCUT2D eigenvalue weighted by molar-refractivity contribution is 0.152. The summed E-state index contributed by atoms with van der Waals surface area (Å²) in [6.45, 7) is 0. The number of alkyl halides is 2. The fraction of sp³-hybridized carbons (Fsp3) is 0.250. The molecule has 2 aliphatic rings. The summed E-state index contributed by atoms with van der Waals surface area (Å²) < 4.78 is -0.178. The molecule has 2 aromatic carbocycles. The van der Waals surface area contributed by atoms with Gasteiger partial charge in [0.15, 0.2) is 0 Å². The summed E-state index contributed by atoms with van der Waals surface area (Å²) >= 11 is 7.47. The largest absolute Gasteiger partial charge is 0.388 e. The quantitative estimate of drug-likeness (QED) is 0.663. The lowest BCUT2D eigenvalue weighted by Gasteiger charge is -2.16. The first-order valence-corrected chi connectivity index (χ1v) is 7.95. The molecule has 0 aliphatic heterocycles. The molecule has 96 valence electrons. The fourth-order valence-corrected chi connectivity index (χ4v) is 5.18. The highest BCUT2D eigenvalue weighted by atomic mass is 79.9. The first kappa shape index (κ1) is 12.1. The van der Waals surface area contributed by atoms with Crippen LogP contribution in [-0.2, 0) is 0 Å². The zero-order chi connectivity index (χ0) is 13.2. The van der Waals surface area contributed by atoms with Gasteiger partial charge in [0.25, 0.3) is 0 Å². The molecule has 2 aliphatic carbocycles. The van der Waals surface area contributed by atoms with Crippen LogP contribution in [0, 0.1) is 5.92 Å². The van der Waals surface area contributed by atoms with Gasteiger partial charge in [-0.2, -0.15) is 0 Å². The monoisotopic (exact) mass is 378 g/mol. The second-order valence-corrected chi connectivity index (χ2v) is 8.99. The first-order valence-electron chi connectivity index (χ1n) is 6.36. The third-order valence-corrected chi connectivity index (χ3v) is 6.36. The zero-order valence-corrected chi connectivity index (χ0v) is 13.2. The predicted octanol–water partition coefficient (Wildman–Crippen LogP) is 4.60. The molecule has 0 amide bonds. The molecule has 1 nitrogen and oxygen atoms in total. The Balaban J connectivity index is 2.04. The maximum atomic E-state index is 10.7. The number of fused-ring (bicyclic) bond motifs is 5. The Morgan fingerprint density at radius 1 is 0.842 bits per heavy atom. The summed E-state index contributed by atoms with van der Waals surface area (Å²) in [5.41, 5.74) is 4.74. The van der Waals surface area contributed by atoms with E-state index < -0.39 is 6.10 Å². The minimum Gasteiger partial charge on any atom is -0.388 e. The standard InChI is InChI=1S/C16H12Br2O/c17-16(18)13-11-7-3-1-5-9(11)10-6-2-4-8-12(10)15(19)14(13)16/h1-8,13-15,19H. The normalized spacial score (nSPS) is 29.7. The van der Waals surface area contributed by atoms with E-state index >= 15 is 0 Å². The summed E-state index contributed by atoms with van der Waals surface area (Å²) in [6, 6.07) is 16.6. The highest BCUT2D eigenvalue weighted by molar-refractivity contribution is 9.25. The molecule has 1 saturated carbocycles. The number of rotatable bonds is 0. The van der Waals surface area contributed by atoms with Gasteiger partial charge in [0.2, 0.25) is 0 Å². The van der Waals surface area contributed by atoms with Crippen LogP contribution in [-0.4, -0.2) is 8.34 Å². The Hall–Kier alpha value is -0.640. The fourth-order valence-electron chi connectivity index (χ4n) is 3.35. The molecule has 3 unspecified atom stereocenters. The number of aliphatic hydroxyl groups is 1. The van der Waals surface area contributed by atoms with Crippen LogP contribution in [0.5, 0.6) is 0 Å². The molecule has 0 bridgehead atoms. The molecule has 1 N–H and O–H groups in total. The van der Waals surface area contributed by atoms with Crippen LogP contribution in [0.25, 0.3) is 11.1 Å². The number of benzene rings is 2. The van der Waals surface area contributed by atoms with E-state index in [1.807, 2.05) is 18.2 Å². The molecule has 4 rings (SSSR count). The predicted molar refractivity (Wildman–Crippen MR) is 83.7 cm³/mol. The Kier molecular flexibility index (Phi) is 2.51. The molecule has 3 heteroatoms. The first-order chi connectivity index (χ1) is 9.12. The van der Waals surface area contributed by atoms with E-state index in [-0.39, 0.29) is 9.15 Å². The second-order valence-electron chi connectivity index (χ2n) is 5.30. The van der Waals surface area contributed by atoms with Crippen LogP contribution in [0.3, 0.4) is 0 Å². The smallest absolute Gasteiger partial charge is 0.0941 e. The molecule has 0 radical (unpaired) electrons. The van der Waals surface area contributed by atoms with Gasteiger partial charge in [0, 0.05) is 11.8 Å². The van der Waals surface area contributed by atoms with Crippen molar-refractivity contribution in [3.05, 3.63) is 59.7 Å². The molecule has 0 spiro atoms. The average Bonchev–Trinajstić information content (AvgIpc) is 3.03. The van der Waals surface area contributed by atoms with Crippen molar-refractivity contribution in [3.63, 3.8) is 0 Å². The topological polar surface area (TPSA) is 20.2 Å². The van der Waals surface area contributed by atoms with Crippen molar-refractivity contribution in [2.24, 2.45) is 5.92 Å². The van der Waals surface area contributed by atoms with Crippen LogP contribution in [0.4, 0.5) is 0 Å². The second kappa shape index (κ2) is 3.94. The molecule has 3 atom stereocenters. The molecule has 1 fully saturated rings. The Morgan fingerprint density at radius 3 is 2.05 bits per heavy atom. The molecule has 2 aromatic rings. The van der Waals surface area contributed by atoms with Crippen LogP contribution < -0.4 is 0 Å². The van der Waals surface area contributed by atoms with E-state index in [2.05, 4.69) is 62.2 Å². The number of hydrogen-bond donors (Lipinski definition) is 1. The Morgan fingerprint density at radius 2 is 1.37 bits per heavy atom. The molecule has 0 aromatic heterocycles. The number of halogens is 2. The van der Waals surface area contributed by atoms with E-state index in [1.54, 1.807) is 0 Å². The summed E-state index contributed by atoms with van der Waals surface area (Å²) in [4.78, 5) is 0. The van der Waals surface area contributed by atoms with Crippen LogP contribution in [0.1, 0.15) is 23.1 Å². The van der Waals surface area contributed by atoms with Gasteiger partial charge in [0.1, 0.15) is 0 Å². The van der Waals surface area contributed by atoms with Crippen LogP contribution >= 0.6 is 31.9 Å². The van der Waals surface area contributed by atoms with Crippen molar-refractivity contribution in [1.82, 2.24) is 0 Å². The van der Waals surface area contributed by atoms with Crippen LogP contribution in [0.15, 0.2) is 48.5 Å². The maximum Gasteiger partial charge on any atom is 0.0941 e. The highest BCUT2D eigenvalue weighted by Gasteiger charge is 2.67. The van der Waals surface area contributed by atoms with Crippen molar-refractivity contribution < 1.29 is 5.11 Å². The van der Waals surface area contributed by atoms with E-state index in [0.717, 1.165) is 11.1 Å². The lowest BCUT2D eigenvalue weighted by Crippen LogP contribution is -2.05. The molecule has 0 heterocycles. The summed E-state index contributed by atoms with van der Waals surface area (Å²) in [5, 5.41) is 10.7. The SMILES string of the molecule is OC1c2ccccc2-c2ccccc2C2C1C2(Br)Br. The average molecular weight is 380 g/mol. The van der Waals surface area contributed by atoms with Gasteiger partial charge in [-0.15, -0.1) is 0 Å². The van der Waals surface area contributed by atoms with Gasteiger partial charge < -0.3 is 5.11 Å². The van der Waals surface area contributed by atoms with Gasteiger partial charge in [-0.1, -0.05) is 80.4 Å². The van der Waals surface area contributed by atoms with Crippen molar-refractivity contribution in [2.75, 3.05) is 0 Å². The van der Waals surface area contributed by atoms with Crippen molar-refractivity contribution in [2.45, 2.75) is 15.3 Å². The van der Waals surface area contributed by atoms with Crippen LogP contribution in [0.2, 0.25) is 0 Å². The minimum atomic E-state index is -0.438. The van der Waals surface area contributed by atoms with E-state index in [9.17, 15) is 5.11 Å². The van der Waals surface area contributed by atoms with Gasteiger partial charge >= 0.3 is 0 Å². The molecular weight excluding hydrogens is 368 g/mol. The lowest BCUT2D eigenvalue weighted by atomic mass is 9.94. The zero-order valence-electron chi connectivity index (χ0n) is 10.1. The van der Waals surface area contributed by atoms with Gasteiger partial charge in [-0.3, -0.25) is 0 Å². The van der Waals surface area contributed by atoms with Gasteiger partial charge in [-0.25, -0.2) is 0 Å². The molecular formula is C16H12Br2O. The molecule has 0 saturated heterocycles. The summed E-state index contributed by atoms with van der Waals surface area (Å²) in [6.07, 6.45) is -0.438. The van der Waals surface area contributed by atoms with E-state index in [1.165, 1.54) is 11.1 Å². The maximum absolute atomic E-state index is 10.7. The highest BCUT2D eigenvalue weighted by Crippen LogP contribution is 2.73. The third kappa shape index (κ3) is 1.55. The van der Waals surface area contributed by atoms with E-state index in [0.29, 0.717) is 5.92 Å². The number of aliphatic hydroxyl groups excluding tert-OH is 1. The molecule has 19 heavy (non-hydrogen) atoms. The van der Waals surface area contributed by atoms with Crippen molar-refractivity contribution in [1.29, 1.82) is 0 Å². The van der Waals surface area contributed by atoms with Crippen molar-refractivity contribution in [3.8, 4) is 11.1 Å². The van der Waals surface area contributed by atoms with Crippen molar-refractivity contribution >= 4 is 31.9 Å². The third-order valence-electron chi connectivity index (χ3n) is 4.31. The number of hydrogen-bond acceptors (Lipinski definition) is 1. The van der Waals surface area contributed by atoms with Gasteiger partial charge in [0.05, 0.1) is 9.34 Å².